The van der Waals surface area contributed by atoms with Gasteiger partial charge in [-0.3, -0.25) is 4.79 Å². The molecule has 0 saturated heterocycles. The van der Waals surface area contributed by atoms with Crippen LogP contribution in [-0.2, 0) is 0 Å². The van der Waals surface area contributed by atoms with E-state index in [1.165, 1.54) is 7.05 Å². The molecule has 13 heavy (non-hydrogen) atoms. The number of hydrogen-bond donors (Lipinski definition) is 2. The Morgan fingerprint density at radius 3 is 2.38 bits per heavy atom. The van der Waals surface area contributed by atoms with Gasteiger partial charge >= 0.3 is 0 Å². The molecule has 0 heterocycles. The summed E-state index contributed by atoms with van der Waals surface area (Å²) >= 11 is 0. The molecule has 3 N–H and O–H groups in total. The van der Waals surface area contributed by atoms with Gasteiger partial charge in [-0.1, -0.05) is 35.5 Å². The van der Waals surface area contributed by atoms with Crippen LogP contribution in [0.1, 0.15) is 10.4 Å². The summed E-state index contributed by atoms with van der Waals surface area (Å²) in [5, 5.41) is 10.7. The van der Waals surface area contributed by atoms with E-state index in [1.807, 2.05) is 6.07 Å². The van der Waals surface area contributed by atoms with Crippen LogP contribution in [0.3, 0.4) is 0 Å². The van der Waals surface area contributed by atoms with Crippen molar-refractivity contribution in [2.75, 3.05) is 7.05 Å². The van der Waals surface area contributed by atoms with Gasteiger partial charge in [-0.15, -0.1) is 0 Å². The smallest absolute Gasteiger partial charge is 0.207 e. The molecule has 0 aromatic heterocycles. The lowest BCUT2D eigenvalue weighted by molar-refractivity contribution is 0.106. The first-order chi connectivity index (χ1) is 6.34. The molecule has 0 saturated carbocycles. The summed E-state index contributed by atoms with van der Waals surface area (Å²) < 4.78 is 0. The maximum Gasteiger partial charge on any atom is 0.207 e. The first-order valence-electron chi connectivity index (χ1n) is 3.69. The molecule has 70 valence electrons. The average Bonchev–Trinajstić information content (AvgIpc) is 2.23. The monoisotopic (exact) mass is 180 g/mol. The molecule has 0 aliphatic heterocycles. The average molecular weight is 180 g/mol. The van der Waals surface area contributed by atoms with Crippen LogP contribution in [0.4, 0.5) is 0 Å². The molecule has 0 radical (unpaired) electrons. The van der Waals surface area contributed by atoms with Gasteiger partial charge in [0.05, 0.1) is 0 Å². The largest absolute Gasteiger partial charge is 0.411 e. The summed E-state index contributed by atoms with van der Waals surface area (Å²) in [7, 11) is 1.50. The summed E-state index contributed by atoms with van der Waals surface area (Å²) in [6.45, 7) is 0. The van der Waals surface area contributed by atoms with E-state index in [2.05, 4.69) is 10.9 Å². The fraction of sp³-hybridized carbons (Fsp3) is 0.111. The number of benzene rings is 1. The number of nitrogens with two attached hydrogens (primary N) is 1. The van der Waals surface area contributed by atoms with Crippen molar-refractivity contribution in [2.24, 2.45) is 10.9 Å². The van der Waals surface area contributed by atoms with Crippen molar-refractivity contribution in [3.8, 4) is 0 Å². The summed E-state index contributed by atoms with van der Waals surface area (Å²) in [6, 6.07) is 8.62. The third kappa shape index (κ3) is 4.03. The van der Waals surface area contributed by atoms with E-state index < -0.39 is 0 Å². The zero-order valence-corrected chi connectivity index (χ0v) is 7.34. The van der Waals surface area contributed by atoms with Gasteiger partial charge in [0.25, 0.3) is 0 Å². The molecule has 1 aromatic rings. The highest BCUT2D eigenvalue weighted by molar-refractivity contribution is 6.35. The number of oxime groups is 1. The predicted octanol–water partition coefficient (Wildman–Crippen LogP) is 0.904. The second kappa shape index (κ2) is 7.00. The van der Waals surface area contributed by atoms with Gasteiger partial charge in [-0.25, -0.2) is 0 Å². The Morgan fingerprint density at radius 1 is 1.38 bits per heavy atom. The van der Waals surface area contributed by atoms with E-state index in [4.69, 9.17) is 5.21 Å². The minimum absolute atomic E-state index is 0.298. The molecule has 0 spiro atoms. The third-order valence-electron chi connectivity index (χ3n) is 1.23. The van der Waals surface area contributed by atoms with Crippen LogP contribution >= 0.6 is 0 Å². The Morgan fingerprint density at radius 2 is 1.92 bits per heavy atom. The van der Waals surface area contributed by atoms with Gasteiger partial charge in [0.2, 0.25) is 5.78 Å². The number of ketones is 1. The SMILES string of the molecule is CN.O=C(C=NO)c1ccccc1. The summed E-state index contributed by atoms with van der Waals surface area (Å²) in [5.74, 6) is -0.298. The van der Waals surface area contributed by atoms with Crippen molar-refractivity contribution in [3.05, 3.63) is 35.9 Å². The van der Waals surface area contributed by atoms with Crippen molar-refractivity contribution >= 4 is 12.0 Å². The lowest BCUT2D eigenvalue weighted by atomic mass is 10.1. The van der Waals surface area contributed by atoms with Crippen LogP contribution < -0.4 is 5.73 Å². The normalized spacial score (nSPS) is 9.08. The third-order valence-corrected chi connectivity index (χ3v) is 1.23. The quantitative estimate of drug-likeness (QED) is 0.307. The summed E-state index contributed by atoms with van der Waals surface area (Å²) in [6.07, 6.45) is 0.870. The van der Waals surface area contributed by atoms with Gasteiger partial charge in [-0.2, -0.15) is 0 Å². The van der Waals surface area contributed by atoms with Crippen molar-refractivity contribution in [1.82, 2.24) is 0 Å². The second-order valence-electron chi connectivity index (χ2n) is 1.97. The lowest BCUT2D eigenvalue weighted by Gasteiger charge is -1.90. The molecule has 0 atom stereocenters. The molecule has 0 fully saturated rings. The first kappa shape index (κ1) is 11.3. The maximum atomic E-state index is 10.9. The summed E-state index contributed by atoms with van der Waals surface area (Å²) in [5.41, 5.74) is 5.02. The van der Waals surface area contributed by atoms with E-state index in [9.17, 15) is 4.79 Å². The van der Waals surface area contributed by atoms with E-state index in [0.717, 1.165) is 6.21 Å². The maximum absolute atomic E-state index is 10.9. The zero-order valence-electron chi connectivity index (χ0n) is 7.34. The van der Waals surface area contributed by atoms with Crippen molar-refractivity contribution in [1.29, 1.82) is 0 Å². The van der Waals surface area contributed by atoms with Gasteiger partial charge in [0, 0.05) is 5.56 Å². The van der Waals surface area contributed by atoms with Gasteiger partial charge in [0.15, 0.2) is 0 Å². The minimum Gasteiger partial charge on any atom is -0.411 e. The number of hydrogen-bond acceptors (Lipinski definition) is 4. The van der Waals surface area contributed by atoms with Crippen LogP contribution in [-0.4, -0.2) is 24.3 Å². The zero-order chi connectivity index (χ0) is 10.1. The second-order valence-corrected chi connectivity index (χ2v) is 1.97. The van der Waals surface area contributed by atoms with Crippen molar-refractivity contribution in [3.63, 3.8) is 0 Å². The van der Waals surface area contributed by atoms with Gasteiger partial charge in [0.1, 0.15) is 6.21 Å². The van der Waals surface area contributed by atoms with Crippen molar-refractivity contribution < 1.29 is 10.0 Å². The topological polar surface area (TPSA) is 75.7 Å². The standard InChI is InChI=1S/C8H7NO2.CH5N/c10-8(6-9-11)7-4-2-1-3-5-7;1-2/h1-6,11H;2H2,1H3. The molecule has 1 rings (SSSR count). The molecule has 1 aromatic carbocycles. The lowest BCUT2D eigenvalue weighted by Crippen LogP contribution is -1.98. The number of carbonyl (C=O) groups excluding carboxylic acids is 1. The van der Waals surface area contributed by atoms with E-state index >= 15 is 0 Å². The van der Waals surface area contributed by atoms with Gasteiger partial charge < -0.3 is 10.9 Å². The van der Waals surface area contributed by atoms with E-state index in [1.54, 1.807) is 24.3 Å². The summed E-state index contributed by atoms with van der Waals surface area (Å²) in [4.78, 5) is 10.9. The molecule has 0 amide bonds. The molecule has 4 nitrogen and oxygen atoms in total. The Hall–Kier alpha value is -1.68. The number of Topliss-reactive ketones (excluding diaryl/α,β-unsaturated/α-hetero) is 1. The Balaban J connectivity index is 0.000000671. The van der Waals surface area contributed by atoms with Crippen LogP contribution in [0.15, 0.2) is 35.5 Å². The number of rotatable bonds is 2. The fourth-order valence-corrected chi connectivity index (χ4v) is 0.729. The van der Waals surface area contributed by atoms with Crippen LogP contribution in [0.5, 0.6) is 0 Å². The van der Waals surface area contributed by atoms with Crippen LogP contribution in [0.25, 0.3) is 0 Å². The predicted molar refractivity (Wildman–Crippen MR) is 51.2 cm³/mol. The Labute approximate surface area is 76.7 Å². The van der Waals surface area contributed by atoms with Crippen molar-refractivity contribution in [2.45, 2.75) is 0 Å². The van der Waals surface area contributed by atoms with E-state index in [0.29, 0.717) is 5.56 Å². The molecule has 0 aliphatic carbocycles. The molecule has 0 aliphatic rings. The molecule has 0 bridgehead atoms. The first-order valence-corrected chi connectivity index (χ1v) is 3.69. The molecule has 4 heteroatoms. The van der Waals surface area contributed by atoms with Gasteiger partial charge in [-0.05, 0) is 7.05 Å². The number of nitrogens with zero attached hydrogens (tertiary/aromatic N) is 1. The van der Waals surface area contributed by atoms with E-state index in [-0.39, 0.29) is 5.78 Å². The minimum atomic E-state index is -0.298. The van der Waals surface area contributed by atoms with Crippen LogP contribution in [0, 0.1) is 0 Å². The Bertz CT molecular complexity index is 270. The highest BCUT2D eigenvalue weighted by Crippen LogP contribution is 1.97. The molecule has 0 unspecified atom stereocenters. The Kier molecular flexibility index (Phi) is 6.09. The molecular weight excluding hydrogens is 168 g/mol. The van der Waals surface area contributed by atoms with Crippen LogP contribution in [0.2, 0.25) is 0 Å². The highest BCUT2D eigenvalue weighted by Gasteiger charge is 1.98. The number of carbonyl (C=O) groups is 1. The highest BCUT2D eigenvalue weighted by atomic mass is 16.4. The fourth-order valence-electron chi connectivity index (χ4n) is 0.729. The molecular formula is C9H12N2O2.